The lowest BCUT2D eigenvalue weighted by Crippen LogP contribution is -1.93. The predicted octanol–water partition coefficient (Wildman–Crippen LogP) is 3.09. The molecule has 20 heavy (non-hydrogen) atoms. The number of aliphatic hydroxyl groups excluding tert-OH is 1. The molecule has 0 saturated carbocycles. The summed E-state index contributed by atoms with van der Waals surface area (Å²) in [6.45, 7) is 0.281. The van der Waals surface area contributed by atoms with Crippen LogP contribution in [0.3, 0.4) is 0 Å². The standard InChI is InChI=1S/C17H14O3/c18-17-13(9-12-3-1-2-4-14(12)17)7-11-5-6-15-16(8-11)20-10-19-15/h1-8,17-18H,9-10H2/b13-7+. The van der Waals surface area contributed by atoms with Gasteiger partial charge < -0.3 is 14.6 Å². The summed E-state index contributed by atoms with van der Waals surface area (Å²) in [4.78, 5) is 0. The van der Waals surface area contributed by atoms with Crippen molar-refractivity contribution in [3.05, 3.63) is 64.7 Å². The van der Waals surface area contributed by atoms with Crippen LogP contribution in [-0.2, 0) is 6.42 Å². The number of aliphatic hydroxyl groups is 1. The zero-order valence-corrected chi connectivity index (χ0v) is 10.9. The van der Waals surface area contributed by atoms with E-state index in [-0.39, 0.29) is 6.79 Å². The Labute approximate surface area is 117 Å². The molecule has 1 unspecified atom stereocenters. The molecule has 0 radical (unpaired) electrons. The van der Waals surface area contributed by atoms with Gasteiger partial charge >= 0.3 is 0 Å². The zero-order chi connectivity index (χ0) is 13.5. The van der Waals surface area contributed by atoms with Gasteiger partial charge in [0.05, 0.1) is 0 Å². The molecule has 0 amide bonds. The maximum atomic E-state index is 10.4. The van der Waals surface area contributed by atoms with Gasteiger partial charge in [0.2, 0.25) is 6.79 Å². The molecule has 3 nitrogen and oxygen atoms in total. The van der Waals surface area contributed by atoms with Crippen LogP contribution in [0.25, 0.3) is 6.08 Å². The van der Waals surface area contributed by atoms with Gasteiger partial charge in [-0.1, -0.05) is 36.4 Å². The molecule has 1 atom stereocenters. The minimum Gasteiger partial charge on any atom is -0.454 e. The van der Waals surface area contributed by atoms with Crippen LogP contribution < -0.4 is 9.47 Å². The second-order valence-electron chi connectivity index (χ2n) is 5.11. The van der Waals surface area contributed by atoms with Crippen LogP contribution in [0.2, 0.25) is 0 Å². The molecule has 0 aromatic heterocycles. The number of rotatable bonds is 1. The van der Waals surface area contributed by atoms with Crippen LogP contribution >= 0.6 is 0 Å². The summed E-state index contributed by atoms with van der Waals surface area (Å²) in [5.74, 6) is 1.55. The van der Waals surface area contributed by atoms with E-state index in [2.05, 4.69) is 6.07 Å². The normalized spacial score (nSPS) is 21.2. The van der Waals surface area contributed by atoms with Gasteiger partial charge in [-0.3, -0.25) is 0 Å². The molecule has 0 fully saturated rings. The topological polar surface area (TPSA) is 38.7 Å². The number of fused-ring (bicyclic) bond motifs is 2. The monoisotopic (exact) mass is 266 g/mol. The average molecular weight is 266 g/mol. The first kappa shape index (κ1) is 11.6. The molecule has 2 aromatic rings. The number of hydrogen-bond acceptors (Lipinski definition) is 3. The first-order valence-corrected chi connectivity index (χ1v) is 6.67. The second-order valence-corrected chi connectivity index (χ2v) is 5.11. The fourth-order valence-electron chi connectivity index (χ4n) is 2.83. The Bertz CT molecular complexity index is 703. The molecule has 0 bridgehead atoms. The molecule has 1 N–H and O–H groups in total. The number of hydrogen-bond donors (Lipinski definition) is 1. The maximum Gasteiger partial charge on any atom is 0.231 e. The largest absolute Gasteiger partial charge is 0.454 e. The fourth-order valence-corrected chi connectivity index (χ4v) is 2.83. The van der Waals surface area contributed by atoms with Gasteiger partial charge in [0.15, 0.2) is 11.5 Å². The molecular weight excluding hydrogens is 252 g/mol. The quantitative estimate of drug-likeness (QED) is 0.862. The van der Waals surface area contributed by atoms with Gasteiger partial charge in [0.1, 0.15) is 6.10 Å². The summed E-state index contributed by atoms with van der Waals surface area (Å²) in [6.07, 6.45) is 2.33. The molecule has 0 saturated heterocycles. The van der Waals surface area contributed by atoms with Gasteiger partial charge in [-0.15, -0.1) is 0 Å². The smallest absolute Gasteiger partial charge is 0.231 e. The van der Waals surface area contributed by atoms with Crippen LogP contribution in [0.1, 0.15) is 22.8 Å². The second kappa shape index (κ2) is 4.39. The van der Waals surface area contributed by atoms with Crippen LogP contribution in [0.4, 0.5) is 0 Å². The maximum absolute atomic E-state index is 10.4. The highest BCUT2D eigenvalue weighted by Crippen LogP contribution is 2.38. The highest BCUT2D eigenvalue weighted by molar-refractivity contribution is 5.62. The summed E-state index contributed by atoms with van der Waals surface area (Å²) in [6, 6.07) is 13.9. The lowest BCUT2D eigenvalue weighted by Gasteiger charge is -2.06. The van der Waals surface area contributed by atoms with E-state index in [1.165, 1.54) is 5.56 Å². The summed E-state index contributed by atoms with van der Waals surface area (Å²) in [5.41, 5.74) is 4.26. The fraction of sp³-hybridized carbons (Fsp3) is 0.176. The van der Waals surface area contributed by atoms with E-state index >= 15 is 0 Å². The molecule has 2 aliphatic rings. The van der Waals surface area contributed by atoms with Crippen LogP contribution in [0, 0.1) is 0 Å². The van der Waals surface area contributed by atoms with Crippen molar-refractivity contribution in [2.24, 2.45) is 0 Å². The van der Waals surface area contributed by atoms with E-state index in [4.69, 9.17) is 9.47 Å². The highest BCUT2D eigenvalue weighted by atomic mass is 16.7. The number of benzene rings is 2. The van der Waals surface area contributed by atoms with Crippen LogP contribution in [-0.4, -0.2) is 11.9 Å². The lowest BCUT2D eigenvalue weighted by molar-refractivity contribution is 0.174. The van der Waals surface area contributed by atoms with Gasteiger partial charge in [0, 0.05) is 0 Å². The molecular formula is C17H14O3. The van der Waals surface area contributed by atoms with E-state index in [9.17, 15) is 5.11 Å². The third-order valence-corrected chi connectivity index (χ3v) is 3.84. The van der Waals surface area contributed by atoms with Crippen molar-refractivity contribution >= 4 is 6.08 Å². The molecule has 4 rings (SSSR count). The SMILES string of the molecule is OC1/C(=C/c2ccc3c(c2)OCO3)Cc2ccccc21. The van der Waals surface area contributed by atoms with Gasteiger partial charge in [-0.25, -0.2) is 0 Å². The van der Waals surface area contributed by atoms with Crippen molar-refractivity contribution < 1.29 is 14.6 Å². The first-order valence-electron chi connectivity index (χ1n) is 6.67. The van der Waals surface area contributed by atoms with Crippen molar-refractivity contribution in [2.45, 2.75) is 12.5 Å². The minimum atomic E-state index is -0.503. The van der Waals surface area contributed by atoms with Crippen molar-refractivity contribution in [1.82, 2.24) is 0 Å². The summed E-state index contributed by atoms with van der Waals surface area (Å²) >= 11 is 0. The Morgan fingerprint density at radius 2 is 1.90 bits per heavy atom. The Kier molecular flexibility index (Phi) is 2.54. The van der Waals surface area contributed by atoms with E-state index in [0.29, 0.717) is 0 Å². The van der Waals surface area contributed by atoms with Crippen molar-refractivity contribution in [3.63, 3.8) is 0 Å². The Balaban J connectivity index is 1.69. The zero-order valence-electron chi connectivity index (χ0n) is 10.9. The summed E-state index contributed by atoms with van der Waals surface area (Å²) in [7, 11) is 0. The molecule has 2 aromatic carbocycles. The van der Waals surface area contributed by atoms with Crippen LogP contribution in [0.5, 0.6) is 11.5 Å². The molecule has 0 spiro atoms. The Morgan fingerprint density at radius 1 is 1.05 bits per heavy atom. The van der Waals surface area contributed by atoms with Crippen LogP contribution in [0.15, 0.2) is 48.0 Å². The average Bonchev–Trinajstić information content (AvgIpc) is 3.05. The Morgan fingerprint density at radius 3 is 2.80 bits per heavy atom. The third kappa shape index (κ3) is 1.79. The molecule has 1 aliphatic carbocycles. The van der Waals surface area contributed by atoms with Gasteiger partial charge in [-0.05, 0) is 40.8 Å². The lowest BCUT2D eigenvalue weighted by atomic mass is 10.1. The molecule has 1 aliphatic heterocycles. The first-order chi connectivity index (χ1) is 9.81. The molecule has 3 heteroatoms. The molecule has 1 heterocycles. The van der Waals surface area contributed by atoms with E-state index in [1.54, 1.807) is 0 Å². The third-order valence-electron chi connectivity index (χ3n) is 3.84. The van der Waals surface area contributed by atoms with Crippen molar-refractivity contribution in [3.8, 4) is 11.5 Å². The highest BCUT2D eigenvalue weighted by Gasteiger charge is 2.24. The van der Waals surface area contributed by atoms with Crippen molar-refractivity contribution in [1.29, 1.82) is 0 Å². The van der Waals surface area contributed by atoms with Gasteiger partial charge in [0.25, 0.3) is 0 Å². The van der Waals surface area contributed by atoms with E-state index < -0.39 is 6.10 Å². The van der Waals surface area contributed by atoms with Gasteiger partial charge in [-0.2, -0.15) is 0 Å². The van der Waals surface area contributed by atoms with E-state index in [0.717, 1.165) is 34.6 Å². The Hall–Kier alpha value is -2.26. The van der Waals surface area contributed by atoms with E-state index in [1.807, 2.05) is 42.5 Å². The predicted molar refractivity (Wildman–Crippen MR) is 75.6 cm³/mol. The van der Waals surface area contributed by atoms with Crippen molar-refractivity contribution in [2.75, 3.05) is 6.79 Å². The summed E-state index contributed by atoms with van der Waals surface area (Å²) in [5, 5.41) is 10.4. The number of ether oxygens (including phenoxy) is 2. The summed E-state index contributed by atoms with van der Waals surface area (Å²) < 4.78 is 10.7. The molecule has 100 valence electrons. The minimum absolute atomic E-state index is 0.281.